The van der Waals surface area contributed by atoms with Gasteiger partial charge in [0.15, 0.2) is 0 Å². The Morgan fingerprint density at radius 3 is 2.42 bits per heavy atom. The molecule has 146 valence electrons. The zero-order valence-electron chi connectivity index (χ0n) is 14.6. The van der Waals surface area contributed by atoms with Gasteiger partial charge in [-0.2, -0.15) is 4.31 Å². The van der Waals surface area contributed by atoms with Gasteiger partial charge in [0.1, 0.15) is 0 Å². The molecule has 1 heterocycles. The number of ether oxygens (including phenoxy) is 1. The highest BCUT2D eigenvalue weighted by atomic mass is 35.5. The van der Waals surface area contributed by atoms with Gasteiger partial charge in [-0.1, -0.05) is 12.1 Å². The van der Waals surface area contributed by atoms with Crippen LogP contribution >= 0.6 is 12.4 Å². The molecule has 1 aromatic carbocycles. The van der Waals surface area contributed by atoms with Crippen LogP contribution in [0.4, 0.5) is 0 Å². The zero-order chi connectivity index (χ0) is 17.7. The highest BCUT2D eigenvalue weighted by molar-refractivity contribution is 7.89. The number of hydrogen-bond donors (Lipinski definition) is 2. The van der Waals surface area contributed by atoms with Crippen molar-refractivity contribution in [1.29, 1.82) is 0 Å². The van der Waals surface area contributed by atoms with Gasteiger partial charge in [-0.15, -0.1) is 12.4 Å². The molecule has 3 rings (SSSR count). The number of carbonyl (C=O) groups is 1. The van der Waals surface area contributed by atoms with E-state index < -0.39 is 10.0 Å². The molecule has 2 aliphatic rings. The van der Waals surface area contributed by atoms with E-state index in [1.54, 1.807) is 24.3 Å². The summed E-state index contributed by atoms with van der Waals surface area (Å²) in [5.41, 5.74) is 0.872. The predicted octanol–water partition coefficient (Wildman–Crippen LogP) is 0.745. The van der Waals surface area contributed by atoms with E-state index in [9.17, 15) is 13.2 Å². The number of morpholine rings is 1. The van der Waals surface area contributed by atoms with Crippen molar-refractivity contribution in [2.24, 2.45) is 5.92 Å². The summed E-state index contributed by atoms with van der Waals surface area (Å²) in [5.74, 6) is 0.694. The van der Waals surface area contributed by atoms with Crippen molar-refractivity contribution in [1.82, 2.24) is 14.9 Å². The van der Waals surface area contributed by atoms with Crippen LogP contribution in [0.2, 0.25) is 0 Å². The minimum atomic E-state index is -3.47. The SMILES string of the molecule is Cl.O=C(CNCC1CC1)NCc1ccc(S(=O)(=O)N2CCOCC2)cc1. The summed E-state index contributed by atoms with van der Waals surface area (Å²) in [6.07, 6.45) is 2.52. The van der Waals surface area contributed by atoms with Crippen molar-refractivity contribution < 1.29 is 17.9 Å². The lowest BCUT2D eigenvalue weighted by molar-refractivity contribution is -0.120. The van der Waals surface area contributed by atoms with Crippen LogP contribution in [-0.2, 0) is 26.1 Å². The molecule has 7 nitrogen and oxygen atoms in total. The van der Waals surface area contributed by atoms with Crippen molar-refractivity contribution in [3.05, 3.63) is 29.8 Å². The summed E-state index contributed by atoms with van der Waals surface area (Å²) in [7, 11) is -3.47. The van der Waals surface area contributed by atoms with E-state index in [0.29, 0.717) is 39.4 Å². The van der Waals surface area contributed by atoms with Crippen LogP contribution in [0.25, 0.3) is 0 Å². The summed E-state index contributed by atoms with van der Waals surface area (Å²) in [6.45, 7) is 3.24. The van der Waals surface area contributed by atoms with E-state index in [1.165, 1.54) is 17.1 Å². The molecule has 1 saturated heterocycles. The number of benzene rings is 1. The van der Waals surface area contributed by atoms with Crippen LogP contribution in [0.3, 0.4) is 0 Å². The van der Waals surface area contributed by atoms with Gasteiger partial charge in [-0.3, -0.25) is 4.79 Å². The largest absolute Gasteiger partial charge is 0.379 e. The normalized spacial score (nSPS) is 18.2. The first-order valence-electron chi connectivity index (χ1n) is 8.70. The Hall–Kier alpha value is -1.19. The number of amides is 1. The molecular weight excluding hydrogens is 378 g/mol. The fourth-order valence-corrected chi connectivity index (χ4v) is 4.10. The Bertz CT molecular complexity index is 686. The number of halogens is 1. The first-order valence-corrected chi connectivity index (χ1v) is 10.1. The number of nitrogens with zero attached hydrogens (tertiary/aromatic N) is 1. The van der Waals surface area contributed by atoms with Crippen molar-refractivity contribution >= 4 is 28.3 Å². The average molecular weight is 404 g/mol. The van der Waals surface area contributed by atoms with E-state index in [1.807, 2.05) is 0 Å². The zero-order valence-corrected chi connectivity index (χ0v) is 16.3. The van der Waals surface area contributed by atoms with Crippen molar-refractivity contribution in [3.63, 3.8) is 0 Å². The summed E-state index contributed by atoms with van der Waals surface area (Å²) in [6, 6.07) is 6.67. The maximum atomic E-state index is 12.5. The van der Waals surface area contributed by atoms with Crippen LogP contribution in [0, 0.1) is 5.92 Å². The van der Waals surface area contributed by atoms with Crippen molar-refractivity contribution in [2.45, 2.75) is 24.3 Å². The van der Waals surface area contributed by atoms with Gasteiger partial charge in [0.2, 0.25) is 15.9 Å². The molecule has 1 aliphatic heterocycles. The molecule has 1 amide bonds. The quantitative estimate of drug-likeness (QED) is 0.668. The molecule has 0 spiro atoms. The molecule has 2 fully saturated rings. The van der Waals surface area contributed by atoms with Gasteiger partial charge in [0, 0.05) is 19.6 Å². The molecule has 26 heavy (non-hydrogen) atoms. The maximum absolute atomic E-state index is 12.5. The Morgan fingerprint density at radius 1 is 1.15 bits per heavy atom. The number of hydrogen-bond acceptors (Lipinski definition) is 5. The van der Waals surface area contributed by atoms with E-state index in [0.717, 1.165) is 18.0 Å². The highest BCUT2D eigenvalue weighted by Crippen LogP contribution is 2.27. The van der Waals surface area contributed by atoms with Crippen LogP contribution in [0.5, 0.6) is 0 Å². The van der Waals surface area contributed by atoms with Crippen LogP contribution < -0.4 is 10.6 Å². The third-order valence-electron chi connectivity index (χ3n) is 4.44. The molecule has 0 unspecified atom stereocenters. The highest BCUT2D eigenvalue weighted by Gasteiger charge is 2.26. The van der Waals surface area contributed by atoms with Crippen LogP contribution in [0.1, 0.15) is 18.4 Å². The lowest BCUT2D eigenvalue weighted by atomic mass is 10.2. The fraction of sp³-hybridized carbons (Fsp3) is 0.588. The van der Waals surface area contributed by atoms with Gasteiger partial charge >= 0.3 is 0 Å². The first-order chi connectivity index (χ1) is 12.1. The average Bonchev–Trinajstić information content (AvgIpc) is 3.45. The molecule has 0 radical (unpaired) electrons. The van der Waals surface area contributed by atoms with E-state index in [-0.39, 0.29) is 23.2 Å². The fourth-order valence-electron chi connectivity index (χ4n) is 2.69. The third-order valence-corrected chi connectivity index (χ3v) is 6.35. The number of rotatable bonds is 8. The first kappa shape index (κ1) is 21.1. The maximum Gasteiger partial charge on any atom is 0.243 e. The third kappa shape index (κ3) is 5.92. The number of sulfonamides is 1. The lowest BCUT2D eigenvalue weighted by Gasteiger charge is -2.26. The Kier molecular flexibility index (Phi) is 7.85. The number of nitrogens with one attached hydrogen (secondary N) is 2. The molecule has 1 aliphatic carbocycles. The monoisotopic (exact) mass is 403 g/mol. The van der Waals surface area contributed by atoms with Gasteiger partial charge < -0.3 is 15.4 Å². The van der Waals surface area contributed by atoms with Gasteiger partial charge in [-0.25, -0.2) is 8.42 Å². The van der Waals surface area contributed by atoms with Gasteiger partial charge in [0.05, 0.1) is 24.7 Å². The molecule has 0 aromatic heterocycles. The minimum Gasteiger partial charge on any atom is -0.379 e. The minimum absolute atomic E-state index is 0. The molecule has 0 atom stereocenters. The second-order valence-corrected chi connectivity index (χ2v) is 8.45. The number of carbonyl (C=O) groups excluding carboxylic acids is 1. The van der Waals surface area contributed by atoms with Crippen LogP contribution in [0.15, 0.2) is 29.2 Å². The Morgan fingerprint density at radius 2 is 1.81 bits per heavy atom. The Balaban J connectivity index is 0.00000243. The van der Waals surface area contributed by atoms with E-state index >= 15 is 0 Å². The molecule has 0 bridgehead atoms. The Labute approximate surface area is 160 Å². The second-order valence-electron chi connectivity index (χ2n) is 6.51. The van der Waals surface area contributed by atoms with Gasteiger partial charge in [0.25, 0.3) is 0 Å². The second kappa shape index (κ2) is 9.66. The standard InChI is InChI=1S/C17H25N3O4S.ClH/c21-17(13-18-11-14-1-2-14)19-12-15-3-5-16(6-4-15)25(22,23)20-7-9-24-10-8-20;/h3-6,14,18H,1-2,7-13H2,(H,19,21);1H. The summed E-state index contributed by atoms with van der Waals surface area (Å²) in [5, 5.41) is 5.98. The van der Waals surface area contributed by atoms with Gasteiger partial charge in [-0.05, 0) is 43.0 Å². The van der Waals surface area contributed by atoms with E-state index in [2.05, 4.69) is 10.6 Å². The molecular formula is C17H26ClN3O4S. The predicted molar refractivity (Wildman–Crippen MR) is 101 cm³/mol. The van der Waals surface area contributed by atoms with Crippen molar-refractivity contribution in [2.75, 3.05) is 39.4 Å². The van der Waals surface area contributed by atoms with Crippen LogP contribution in [-0.4, -0.2) is 58.0 Å². The molecule has 2 N–H and O–H groups in total. The smallest absolute Gasteiger partial charge is 0.243 e. The lowest BCUT2D eigenvalue weighted by Crippen LogP contribution is -2.40. The molecule has 1 saturated carbocycles. The summed E-state index contributed by atoms with van der Waals surface area (Å²) in [4.78, 5) is 12.0. The van der Waals surface area contributed by atoms with E-state index in [4.69, 9.17) is 4.74 Å². The summed E-state index contributed by atoms with van der Waals surface area (Å²) >= 11 is 0. The molecule has 1 aromatic rings. The topological polar surface area (TPSA) is 87.7 Å². The molecule has 9 heteroatoms. The van der Waals surface area contributed by atoms with Crippen molar-refractivity contribution in [3.8, 4) is 0 Å². The summed E-state index contributed by atoms with van der Waals surface area (Å²) < 4.78 is 31.7.